The van der Waals surface area contributed by atoms with Crippen LogP contribution in [-0.2, 0) is 12.8 Å². The molecule has 0 saturated heterocycles. The van der Waals surface area contributed by atoms with E-state index in [1.165, 1.54) is 24.0 Å². The van der Waals surface area contributed by atoms with Gasteiger partial charge in [0, 0.05) is 19.0 Å². The minimum Gasteiger partial charge on any atom is -0.342 e. The maximum Gasteiger partial charge on any atom is 0.107 e. The molecular weight excluding hydrogens is 258 g/mol. The lowest BCUT2D eigenvalue weighted by Crippen LogP contribution is -2.19. The summed E-state index contributed by atoms with van der Waals surface area (Å²) in [7, 11) is 0. The number of H-pyrrole nitrogens is 1. The van der Waals surface area contributed by atoms with Crippen LogP contribution in [0.3, 0.4) is 0 Å². The number of nitrogens with zero attached hydrogens (tertiary/aromatic N) is 1. The van der Waals surface area contributed by atoms with E-state index in [1.807, 2.05) is 6.20 Å². The molecule has 1 heterocycles. The highest BCUT2D eigenvalue weighted by Gasteiger charge is 2.19. The van der Waals surface area contributed by atoms with Crippen LogP contribution in [0.4, 0.5) is 0 Å². The van der Waals surface area contributed by atoms with Crippen LogP contribution in [0.1, 0.15) is 38.1 Å². The summed E-state index contributed by atoms with van der Waals surface area (Å²) in [6, 6.07) is 9.61. The van der Waals surface area contributed by atoms with Crippen LogP contribution in [-0.4, -0.2) is 22.6 Å². The van der Waals surface area contributed by atoms with Gasteiger partial charge in [0.25, 0.3) is 0 Å². The van der Waals surface area contributed by atoms with Gasteiger partial charge in [0.1, 0.15) is 5.82 Å². The van der Waals surface area contributed by atoms with E-state index in [0.29, 0.717) is 5.92 Å². The van der Waals surface area contributed by atoms with Crippen molar-refractivity contribution in [2.45, 2.75) is 45.6 Å². The molecule has 2 aromatic rings. The van der Waals surface area contributed by atoms with Gasteiger partial charge in [-0.2, -0.15) is 0 Å². The highest BCUT2D eigenvalue weighted by atomic mass is 15.0. The number of aromatic amines is 1. The molecule has 0 aliphatic heterocycles. The number of benzene rings is 1. The molecule has 0 radical (unpaired) electrons. The first-order chi connectivity index (χ1) is 10.2. The van der Waals surface area contributed by atoms with Crippen molar-refractivity contribution >= 4 is 0 Å². The minimum absolute atomic E-state index is 0.702. The molecule has 3 rings (SSSR count). The summed E-state index contributed by atoms with van der Waals surface area (Å²) < 4.78 is 0. The molecular formula is C18H25N3. The molecule has 1 aliphatic carbocycles. The number of imidazole rings is 1. The van der Waals surface area contributed by atoms with Crippen molar-refractivity contribution in [3.8, 4) is 11.3 Å². The number of hydrogen-bond acceptors (Lipinski definition) is 2. The largest absolute Gasteiger partial charge is 0.342 e. The van der Waals surface area contributed by atoms with Crippen molar-refractivity contribution in [3.05, 3.63) is 41.9 Å². The first kappa shape index (κ1) is 14.3. The second-order valence-electron chi connectivity index (χ2n) is 6.52. The van der Waals surface area contributed by atoms with E-state index in [1.54, 1.807) is 0 Å². The number of aromatic nitrogens is 2. The van der Waals surface area contributed by atoms with E-state index in [-0.39, 0.29) is 0 Å². The number of rotatable bonds is 7. The normalized spacial score (nSPS) is 14.8. The summed E-state index contributed by atoms with van der Waals surface area (Å²) in [6.07, 6.45) is 6.74. The average molecular weight is 283 g/mol. The van der Waals surface area contributed by atoms with Gasteiger partial charge in [0.15, 0.2) is 0 Å². The average Bonchev–Trinajstić information content (AvgIpc) is 3.16. The van der Waals surface area contributed by atoms with Gasteiger partial charge in [-0.1, -0.05) is 38.1 Å². The zero-order valence-electron chi connectivity index (χ0n) is 13.0. The third kappa shape index (κ3) is 4.18. The molecule has 112 valence electrons. The third-order valence-corrected chi connectivity index (χ3v) is 3.91. The first-order valence-electron chi connectivity index (χ1n) is 8.07. The predicted octanol–water partition coefficient (Wildman–Crippen LogP) is 3.57. The molecule has 0 spiro atoms. The molecule has 3 nitrogen and oxygen atoms in total. The maximum absolute atomic E-state index is 4.49. The van der Waals surface area contributed by atoms with Crippen LogP contribution >= 0.6 is 0 Å². The molecule has 3 heteroatoms. The molecule has 0 bridgehead atoms. The van der Waals surface area contributed by atoms with Gasteiger partial charge in [0.05, 0.1) is 11.9 Å². The van der Waals surface area contributed by atoms with Gasteiger partial charge >= 0.3 is 0 Å². The predicted molar refractivity (Wildman–Crippen MR) is 87.3 cm³/mol. The van der Waals surface area contributed by atoms with Crippen molar-refractivity contribution in [1.29, 1.82) is 0 Å². The Morgan fingerprint density at radius 3 is 2.67 bits per heavy atom. The highest BCUT2D eigenvalue weighted by Crippen LogP contribution is 2.20. The first-order valence-corrected chi connectivity index (χ1v) is 8.07. The van der Waals surface area contributed by atoms with E-state index >= 15 is 0 Å². The Hall–Kier alpha value is -1.61. The molecule has 21 heavy (non-hydrogen) atoms. The summed E-state index contributed by atoms with van der Waals surface area (Å²) in [5, 5.41) is 3.52. The van der Waals surface area contributed by atoms with Crippen molar-refractivity contribution in [2.75, 3.05) is 6.54 Å². The summed E-state index contributed by atoms with van der Waals surface area (Å²) in [4.78, 5) is 7.92. The summed E-state index contributed by atoms with van der Waals surface area (Å²) in [5.74, 6) is 1.78. The van der Waals surface area contributed by atoms with Crippen LogP contribution in [0, 0.1) is 5.92 Å². The topological polar surface area (TPSA) is 40.7 Å². The summed E-state index contributed by atoms with van der Waals surface area (Å²) >= 11 is 0. The Morgan fingerprint density at radius 1 is 1.24 bits per heavy atom. The molecule has 0 atom stereocenters. The highest BCUT2D eigenvalue weighted by molar-refractivity contribution is 5.58. The standard InChI is InChI=1S/C18H25N3/c1-13(2)11-14-3-5-15(6-4-14)17-12-20-18(21-17)9-10-19-16-7-8-16/h3-6,12-13,16,19H,7-11H2,1-2H3,(H,20,21). The maximum atomic E-state index is 4.49. The molecule has 2 N–H and O–H groups in total. The van der Waals surface area contributed by atoms with E-state index in [2.05, 4.69) is 53.4 Å². The Bertz CT molecular complexity index is 564. The van der Waals surface area contributed by atoms with Gasteiger partial charge in [-0.25, -0.2) is 4.98 Å². The van der Waals surface area contributed by atoms with Gasteiger partial charge in [0.2, 0.25) is 0 Å². The summed E-state index contributed by atoms with van der Waals surface area (Å²) in [5.41, 5.74) is 3.74. The Labute approximate surface area is 127 Å². The fourth-order valence-electron chi connectivity index (χ4n) is 2.61. The van der Waals surface area contributed by atoms with Crippen molar-refractivity contribution in [1.82, 2.24) is 15.3 Å². The minimum atomic E-state index is 0.702. The molecule has 0 unspecified atom stereocenters. The van der Waals surface area contributed by atoms with Crippen LogP contribution in [0.15, 0.2) is 30.5 Å². The monoisotopic (exact) mass is 283 g/mol. The van der Waals surface area contributed by atoms with E-state index < -0.39 is 0 Å². The smallest absolute Gasteiger partial charge is 0.107 e. The van der Waals surface area contributed by atoms with Crippen molar-refractivity contribution < 1.29 is 0 Å². The molecule has 1 aromatic heterocycles. The summed E-state index contributed by atoms with van der Waals surface area (Å²) in [6.45, 7) is 5.53. The molecule has 0 amide bonds. The molecule has 1 aromatic carbocycles. The van der Waals surface area contributed by atoms with E-state index in [0.717, 1.165) is 36.9 Å². The van der Waals surface area contributed by atoms with Crippen molar-refractivity contribution in [2.24, 2.45) is 5.92 Å². The lowest BCUT2D eigenvalue weighted by molar-refractivity contribution is 0.647. The Balaban J connectivity index is 1.59. The van der Waals surface area contributed by atoms with E-state index in [4.69, 9.17) is 0 Å². The van der Waals surface area contributed by atoms with Gasteiger partial charge in [-0.15, -0.1) is 0 Å². The fourth-order valence-corrected chi connectivity index (χ4v) is 2.61. The Morgan fingerprint density at radius 2 is 2.00 bits per heavy atom. The molecule has 1 fully saturated rings. The van der Waals surface area contributed by atoms with Crippen molar-refractivity contribution in [3.63, 3.8) is 0 Å². The number of hydrogen-bond donors (Lipinski definition) is 2. The zero-order chi connectivity index (χ0) is 14.7. The Kier molecular flexibility index (Phi) is 4.39. The van der Waals surface area contributed by atoms with Gasteiger partial charge in [-0.3, -0.25) is 0 Å². The lowest BCUT2D eigenvalue weighted by atomic mass is 10.0. The van der Waals surface area contributed by atoms with Gasteiger partial charge < -0.3 is 10.3 Å². The van der Waals surface area contributed by atoms with Crippen LogP contribution in [0.2, 0.25) is 0 Å². The fraction of sp³-hybridized carbons (Fsp3) is 0.500. The second kappa shape index (κ2) is 6.44. The van der Waals surface area contributed by atoms with Crippen LogP contribution < -0.4 is 5.32 Å². The van der Waals surface area contributed by atoms with Crippen LogP contribution in [0.25, 0.3) is 11.3 Å². The molecule has 1 saturated carbocycles. The quantitative estimate of drug-likeness (QED) is 0.815. The lowest BCUT2D eigenvalue weighted by Gasteiger charge is -2.05. The SMILES string of the molecule is CC(C)Cc1ccc(-c2cnc(CCNC3CC3)[nH]2)cc1. The third-order valence-electron chi connectivity index (χ3n) is 3.91. The van der Waals surface area contributed by atoms with E-state index in [9.17, 15) is 0 Å². The van der Waals surface area contributed by atoms with Gasteiger partial charge in [-0.05, 0) is 36.3 Å². The van der Waals surface area contributed by atoms with Crippen LogP contribution in [0.5, 0.6) is 0 Å². The zero-order valence-corrected chi connectivity index (χ0v) is 13.0. The molecule has 1 aliphatic rings. The number of nitrogens with one attached hydrogen (secondary N) is 2. The second-order valence-corrected chi connectivity index (χ2v) is 6.52.